The average Bonchev–Trinajstić information content (AvgIpc) is 2.72. The number of nitro benzene ring substituents is 1. The number of hydrogen-bond donors (Lipinski definition) is 2. The minimum absolute atomic E-state index is 0.0232. The molecule has 0 spiro atoms. The SMILES string of the molecule is O=[N+]([O-])c1ccc(/C=C\c2cc(N(CCO)CCO)c3ccccc3n2)cc1. The highest BCUT2D eigenvalue weighted by Gasteiger charge is 2.11. The Balaban J connectivity index is 1.97. The first kappa shape index (κ1) is 19.5. The number of non-ortho nitro benzene ring substituents is 1. The molecule has 0 radical (unpaired) electrons. The third kappa shape index (κ3) is 4.51. The molecule has 0 aliphatic rings. The van der Waals surface area contributed by atoms with Crippen molar-refractivity contribution < 1.29 is 15.1 Å². The van der Waals surface area contributed by atoms with E-state index in [4.69, 9.17) is 0 Å². The minimum atomic E-state index is -0.429. The molecule has 0 aliphatic carbocycles. The summed E-state index contributed by atoms with van der Waals surface area (Å²) in [6.07, 6.45) is 3.68. The van der Waals surface area contributed by atoms with Crippen LogP contribution in [-0.4, -0.2) is 46.4 Å². The van der Waals surface area contributed by atoms with Gasteiger partial charge in [0, 0.05) is 36.3 Å². The van der Waals surface area contributed by atoms with Crippen LogP contribution in [0.25, 0.3) is 23.1 Å². The number of rotatable bonds is 8. The Morgan fingerprint density at radius 2 is 1.68 bits per heavy atom. The summed E-state index contributed by atoms with van der Waals surface area (Å²) in [7, 11) is 0. The van der Waals surface area contributed by atoms with Crippen LogP contribution in [0, 0.1) is 10.1 Å². The van der Waals surface area contributed by atoms with Crippen molar-refractivity contribution in [2.45, 2.75) is 0 Å². The smallest absolute Gasteiger partial charge is 0.269 e. The third-order valence-corrected chi connectivity index (χ3v) is 4.35. The van der Waals surface area contributed by atoms with Gasteiger partial charge >= 0.3 is 0 Å². The first-order valence-corrected chi connectivity index (χ1v) is 8.91. The highest BCUT2D eigenvalue weighted by Crippen LogP contribution is 2.27. The van der Waals surface area contributed by atoms with Gasteiger partial charge in [0.15, 0.2) is 0 Å². The zero-order valence-corrected chi connectivity index (χ0v) is 15.2. The van der Waals surface area contributed by atoms with E-state index < -0.39 is 4.92 Å². The zero-order valence-electron chi connectivity index (χ0n) is 15.2. The van der Waals surface area contributed by atoms with Gasteiger partial charge in [0.05, 0.1) is 29.3 Å². The molecular formula is C21H21N3O4. The van der Waals surface area contributed by atoms with Gasteiger partial charge in [0.2, 0.25) is 0 Å². The lowest BCUT2D eigenvalue weighted by molar-refractivity contribution is -0.384. The number of fused-ring (bicyclic) bond motifs is 1. The topological polar surface area (TPSA) is 99.7 Å². The fourth-order valence-electron chi connectivity index (χ4n) is 3.01. The summed E-state index contributed by atoms with van der Waals surface area (Å²) in [6.45, 7) is 0.759. The number of aliphatic hydroxyl groups excluding tert-OH is 2. The molecule has 3 aromatic rings. The van der Waals surface area contributed by atoms with E-state index >= 15 is 0 Å². The Bertz CT molecular complexity index is 981. The lowest BCUT2D eigenvalue weighted by Crippen LogP contribution is -2.30. The second kappa shape index (κ2) is 9.07. The molecular weight excluding hydrogens is 358 g/mol. The molecule has 144 valence electrons. The van der Waals surface area contributed by atoms with Crippen molar-refractivity contribution in [2.75, 3.05) is 31.2 Å². The zero-order chi connectivity index (χ0) is 19.9. The quantitative estimate of drug-likeness (QED) is 0.461. The largest absolute Gasteiger partial charge is 0.395 e. The van der Waals surface area contributed by atoms with Crippen molar-refractivity contribution in [3.05, 3.63) is 76.0 Å². The fraction of sp³-hybridized carbons (Fsp3) is 0.190. The maximum Gasteiger partial charge on any atom is 0.269 e. The molecule has 7 heteroatoms. The van der Waals surface area contributed by atoms with Crippen LogP contribution in [0.3, 0.4) is 0 Å². The molecule has 7 nitrogen and oxygen atoms in total. The standard InChI is InChI=1S/C21H21N3O4/c25-13-11-23(12-14-26)21-15-17(22-20-4-2-1-3-19(20)21)8-5-16-6-9-18(10-7-16)24(27)28/h1-10,15,25-26H,11-14H2/b8-5-. The van der Waals surface area contributed by atoms with Crippen LogP contribution < -0.4 is 4.90 Å². The molecule has 0 saturated heterocycles. The van der Waals surface area contributed by atoms with E-state index in [2.05, 4.69) is 4.98 Å². The van der Waals surface area contributed by atoms with Crippen LogP contribution in [-0.2, 0) is 0 Å². The summed E-state index contributed by atoms with van der Waals surface area (Å²) in [5, 5.41) is 30.5. The predicted molar refractivity (Wildman–Crippen MR) is 110 cm³/mol. The van der Waals surface area contributed by atoms with Crippen molar-refractivity contribution in [1.82, 2.24) is 4.98 Å². The molecule has 28 heavy (non-hydrogen) atoms. The monoisotopic (exact) mass is 379 g/mol. The summed E-state index contributed by atoms with van der Waals surface area (Å²) < 4.78 is 0. The Hall–Kier alpha value is -3.29. The van der Waals surface area contributed by atoms with Crippen LogP contribution in [0.15, 0.2) is 54.6 Å². The van der Waals surface area contributed by atoms with Gasteiger partial charge < -0.3 is 15.1 Å². The fourth-order valence-corrected chi connectivity index (χ4v) is 3.01. The molecule has 0 saturated carbocycles. The van der Waals surface area contributed by atoms with E-state index in [1.54, 1.807) is 12.1 Å². The molecule has 1 aromatic heterocycles. The van der Waals surface area contributed by atoms with Crippen LogP contribution in [0.2, 0.25) is 0 Å². The van der Waals surface area contributed by atoms with Crippen molar-refractivity contribution in [3.63, 3.8) is 0 Å². The first-order valence-electron chi connectivity index (χ1n) is 8.91. The lowest BCUT2D eigenvalue weighted by atomic mass is 10.1. The maximum absolute atomic E-state index is 10.8. The first-order chi connectivity index (χ1) is 13.6. The average molecular weight is 379 g/mol. The third-order valence-electron chi connectivity index (χ3n) is 4.35. The summed E-state index contributed by atoms with van der Waals surface area (Å²) in [6, 6.07) is 15.9. The molecule has 0 atom stereocenters. The van der Waals surface area contributed by atoms with Gasteiger partial charge in [-0.25, -0.2) is 4.98 Å². The number of nitrogens with zero attached hydrogens (tertiary/aromatic N) is 3. The molecule has 0 unspecified atom stereocenters. The van der Waals surface area contributed by atoms with Crippen molar-refractivity contribution in [3.8, 4) is 0 Å². The summed E-state index contributed by atoms with van der Waals surface area (Å²) in [4.78, 5) is 16.9. The summed E-state index contributed by atoms with van der Waals surface area (Å²) in [5.41, 5.74) is 3.28. The van der Waals surface area contributed by atoms with Crippen LogP contribution in [0.5, 0.6) is 0 Å². The number of aliphatic hydroxyl groups is 2. The summed E-state index contributed by atoms with van der Waals surface area (Å²) >= 11 is 0. The second-order valence-corrected chi connectivity index (χ2v) is 6.20. The molecule has 1 heterocycles. The lowest BCUT2D eigenvalue weighted by Gasteiger charge is -2.24. The van der Waals surface area contributed by atoms with Gasteiger partial charge in [0.1, 0.15) is 0 Å². The highest BCUT2D eigenvalue weighted by atomic mass is 16.6. The maximum atomic E-state index is 10.8. The van der Waals surface area contributed by atoms with Crippen molar-refractivity contribution >= 4 is 34.4 Å². The number of benzene rings is 2. The molecule has 2 aromatic carbocycles. The second-order valence-electron chi connectivity index (χ2n) is 6.20. The van der Waals surface area contributed by atoms with Gasteiger partial charge in [-0.3, -0.25) is 10.1 Å². The van der Waals surface area contributed by atoms with Gasteiger partial charge in [-0.15, -0.1) is 0 Å². The Morgan fingerprint density at radius 1 is 1.00 bits per heavy atom. The molecule has 0 aliphatic heterocycles. The van der Waals surface area contributed by atoms with Gasteiger partial charge in [-0.05, 0) is 35.9 Å². The molecule has 0 bridgehead atoms. The molecule has 0 amide bonds. The molecule has 0 fully saturated rings. The highest BCUT2D eigenvalue weighted by molar-refractivity contribution is 5.93. The summed E-state index contributed by atoms with van der Waals surface area (Å²) in [5.74, 6) is 0. The Morgan fingerprint density at radius 3 is 2.32 bits per heavy atom. The molecule has 2 N–H and O–H groups in total. The number of nitro groups is 1. The van der Waals surface area contributed by atoms with E-state index in [-0.39, 0.29) is 18.9 Å². The minimum Gasteiger partial charge on any atom is -0.395 e. The number of para-hydroxylation sites is 1. The van der Waals surface area contributed by atoms with Crippen molar-refractivity contribution in [2.24, 2.45) is 0 Å². The normalized spacial score (nSPS) is 11.2. The van der Waals surface area contributed by atoms with Crippen molar-refractivity contribution in [1.29, 1.82) is 0 Å². The van der Waals surface area contributed by atoms with Gasteiger partial charge in [0.25, 0.3) is 5.69 Å². The van der Waals surface area contributed by atoms with Crippen LogP contribution >= 0.6 is 0 Å². The Kier molecular flexibility index (Phi) is 6.31. The predicted octanol–water partition coefficient (Wildman–Crippen LogP) is 3.10. The van der Waals surface area contributed by atoms with Crippen LogP contribution in [0.4, 0.5) is 11.4 Å². The van der Waals surface area contributed by atoms with E-state index in [0.717, 1.165) is 22.2 Å². The van der Waals surface area contributed by atoms with Crippen LogP contribution in [0.1, 0.15) is 11.3 Å². The van der Waals surface area contributed by atoms with E-state index in [1.807, 2.05) is 47.4 Å². The number of pyridine rings is 1. The van der Waals surface area contributed by atoms with E-state index in [0.29, 0.717) is 18.8 Å². The van der Waals surface area contributed by atoms with E-state index in [9.17, 15) is 20.3 Å². The number of anilines is 1. The molecule has 3 rings (SSSR count). The van der Waals surface area contributed by atoms with Gasteiger partial charge in [-0.1, -0.05) is 24.3 Å². The Labute approximate surface area is 162 Å². The number of hydrogen-bond acceptors (Lipinski definition) is 6. The van der Waals surface area contributed by atoms with Gasteiger partial charge in [-0.2, -0.15) is 0 Å². The number of aromatic nitrogens is 1. The van der Waals surface area contributed by atoms with E-state index in [1.165, 1.54) is 12.1 Å².